The van der Waals surface area contributed by atoms with Crippen molar-refractivity contribution in [2.24, 2.45) is 5.92 Å². The van der Waals surface area contributed by atoms with Gasteiger partial charge in [0, 0.05) is 32.1 Å². The van der Waals surface area contributed by atoms with Gasteiger partial charge < -0.3 is 29.0 Å². The van der Waals surface area contributed by atoms with Crippen molar-refractivity contribution >= 4 is 29.9 Å². The highest BCUT2D eigenvalue weighted by molar-refractivity contribution is 5.90. The first kappa shape index (κ1) is 35.4. The number of hydrogen-bond acceptors (Lipinski definition) is 10. The van der Waals surface area contributed by atoms with E-state index in [-0.39, 0.29) is 32.1 Å². The number of carbonyl (C=O) groups is 5. The van der Waals surface area contributed by atoms with E-state index in [1.165, 1.54) is 18.7 Å². The molecule has 4 rings (SSSR count). The molecule has 1 saturated heterocycles. The number of nitrogens with zero attached hydrogens (tertiary/aromatic N) is 1. The third-order valence-corrected chi connectivity index (χ3v) is 8.29. The zero-order valence-corrected chi connectivity index (χ0v) is 27.9. The van der Waals surface area contributed by atoms with E-state index >= 15 is 0 Å². The number of nitrogens with one attached hydrogen (secondary N) is 1. The maximum Gasteiger partial charge on any atom is 0.410 e. The van der Waals surface area contributed by atoms with Gasteiger partial charge in [0.2, 0.25) is 5.91 Å². The van der Waals surface area contributed by atoms with Gasteiger partial charge in [0.25, 0.3) is 0 Å². The lowest BCUT2D eigenvalue weighted by molar-refractivity contribution is -0.163. The van der Waals surface area contributed by atoms with E-state index in [2.05, 4.69) is 5.32 Å². The van der Waals surface area contributed by atoms with Gasteiger partial charge in [-0.2, -0.15) is 0 Å². The molecule has 2 amide bonds. The quantitative estimate of drug-likeness (QED) is 0.279. The van der Waals surface area contributed by atoms with Crippen molar-refractivity contribution in [2.75, 3.05) is 26.9 Å². The summed E-state index contributed by atoms with van der Waals surface area (Å²) in [7, 11) is 1.16. The van der Waals surface area contributed by atoms with E-state index in [0.717, 1.165) is 29.4 Å². The summed E-state index contributed by atoms with van der Waals surface area (Å²) in [5, 5.41) is 2.69. The molecule has 254 valence electrons. The van der Waals surface area contributed by atoms with Crippen LogP contribution in [0.2, 0.25) is 0 Å². The minimum absolute atomic E-state index is 0.0600. The number of benzene rings is 2. The fourth-order valence-electron chi connectivity index (χ4n) is 6.21. The van der Waals surface area contributed by atoms with Gasteiger partial charge in [0.05, 0.1) is 25.4 Å². The highest BCUT2D eigenvalue weighted by atomic mass is 16.6. The van der Waals surface area contributed by atoms with E-state index in [1.54, 1.807) is 6.92 Å². The Morgan fingerprint density at radius 3 is 2.04 bits per heavy atom. The summed E-state index contributed by atoms with van der Waals surface area (Å²) >= 11 is 0. The number of amides is 2. The second-order valence-electron chi connectivity index (χ2n) is 12.9. The Morgan fingerprint density at radius 1 is 0.915 bits per heavy atom. The second-order valence-corrected chi connectivity index (χ2v) is 12.9. The summed E-state index contributed by atoms with van der Waals surface area (Å²) in [4.78, 5) is 65.1. The fraction of sp³-hybridized carbons (Fsp3) is 0.514. The van der Waals surface area contributed by atoms with Crippen molar-refractivity contribution in [2.45, 2.75) is 83.8 Å². The lowest BCUT2D eigenvalue weighted by atomic mass is 9.95. The van der Waals surface area contributed by atoms with E-state index in [0.29, 0.717) is 0 Å². The van der Waals surface area contributed by atoms with Gasteiger partial charge in [-0.1, -0.05) is 55.5 Å². The predicted molar refractivity (Wildman–Crippen MR) is 170 cm³/mol. The van der Waals surface area contributed by atoms with Gasteiger partial charge in [0.15, 0.2) is 0 Å². The molecular formula is C35H44N2O10. The predicted octanol–water partition coefficient (Wildman–Crippen LogP) is 3.98. The molecule has 1 heterocycles. The van der Waals surface area contributed by atoms with E-state index in [1.807, 2.05) is 69.3 Å². The molecule has 0 radical (unpaired) electrons. The Bertz CT molecular complexity index is 1440. The zero-order valence-electron chi connectivity index (χ0n) is 27.9. The molecule has 2 aromatic carbocycles. The third-order valence-electron chi connectivity index (χ3n) is 8.29. The molecule has 1 N–H and O–H groups in total. The van der Waals surface area contributed by atoms with Crippen LogP contribution in [0.5, 0.6) is 0 Å². The molecule has 1 aliphatic carbocycles. The van der Waals surface area contributed by atoms with Crippen LogP contribution >= 0.6 is 0 Å². The molecule has 1 aliphatic heterocycles. The molecule has 12 heteroatoms. The summed E-state index contributed by atoms with van der Waals surface area (Å²) < 4.78 is 27.4. The first-order valence-electron chi connectivity index (χ1n) is 15.7. The first-order valence-corrected chi connectivity index (χ1v) is 15.7. The first-order chi connectivity index (χ1) is 22.2. The van der Waals surface area contributed by atoms with Gasteiger partial charge in [0.1, 0.15) is 31.4 Å². The molecule has 0 unspecified atom stereocenters. The Balaban J connectivity index is 1.54. The molecular weight excluding hydrogens is 608 g/mol. The summed E-state index contributed by atoms with van der Waals surface area (Å²) in [6.45, 7) is 9.39. The lowest BCUT2D eigenvalue weighted by Gasteiger charge is -2.31. The monoisotopic (exact) mass is 652 g/mol. The fourth-order valence-corrected chi connectivity index (χ4v) is 6.21. The van der Waals surface area contributed by atoms with Gasteiger partial charge in [-0.15, -0.1) is 0 Å². The van der Waals surface area contributed by atoms with Crippen LogP contribution in [0.1, 0.15) is 65.0 Å². The standard InChI is InChI=1S/C35H44N2O10/c1-20(30(46-22(3)39)19-44-21(2)38)31(33(41)43-7)36-32(40)29-16-23(47-35(4,5)6)17-37(29)34(42)45-18-28-26-14-10-8-12-24(26)25-13-9-11-15-27(25)28/h8-15,20,23,28-31H,16-19H2,1-7H3,(H,36,40)/t20-,23-,29+,30-,31+/m1/s1. The van der Waals surface area contributed by atoms with Crippen molar-refractivity contribution in [1.29, 1.82) is 0 Å². The van der Waals surface area contributed by atoms with Gasteiger partial charge >= 0.3 is 24.0 Å². The average molecular weight is 653 g/mol. The van der Waals surface area contributed by atoms with Crippen LogP contribution in [0.4, 0.5) is 4.79 Å². The average Bonchev–Trinajstić information content (AvgIpc) is 3.58. The van der Waals surface area contributed by atoms with Crippen LogP contribution in [0.15, 0.2) is 48.5 Å². The largest absolute Gasteiger partial charge is 0.467 e. The summed E-state index contributed by atoms with van der Waals surface area (Å²) in [5.41, 5.74) is 3.73. The number of carbonyl (C=O) groups excluding carboxylic acids is 5. The van der Waals surface area contributed by atoms with E-state index in [9.17, 15) is 24.0 Å². The van der Waals surface area contributed by atoms with Gasteiger partial charge in [-0.25, -0.2) is 9.59 Å². The maximum atomic E-state index is 13.9. The lowest BCUT2D eigenvalue weighted by Crippen LogP contribution is -2.55. The molecule has 1 fully saturated rings. The summed E-state index contributed by atoms with van der Waals surface area (Å²) in [5.74, 6) is -3.77. The molecule has 0 aromatic heterocycles. The smallest absolute Gasteiger partial charge is 0.410 e. The van der Waals surface area contributed by atoms with Crippen molar-refractivity contribution in [3.05, 3.63) is 59.7 Å². The highest BCUT2D eigenvalue weighted by Gasteiger charge is 2.45. The number of esters is 3. The molecule has 0 bridgehead atoms. The zero-order chi connectivity index (χ0) is 34.5. The number of hydrogen-bond donors (Lipinski definition) is 1. The number of likely N-dealkylation sites (tertiary alicyclic amines) is 1. The second kappa shape index (κ2) is 15.0. The van der Waals surface area contributed by atoms with E-state index < -0.39 is 65.7 Å². The number of fused-ring (bicyclic) bond motifs is 3. The molecule has 2 aromatic rings. The van der Waals surface area contributed by atoms with Crippen molar-refractivity contribution in [3.8, 4) is 11.1 Å². The summed E-state index contributed by atoms with van der Waals surface area (Å²) in [6.07, 6.45) is -2.10. The van der Waals surface area contributed by atoms with Gasteiger partial charge in [-0.3, -0.25) is 19.3 Å². The Hall–Kier alpha value is -4.45. The Morgan fingerprint density at radius 2 is 1.51 bits per heavy atom. The van der Waals surface area contributed by atoms with E-state index in [4.69, 9.17) is 23.7 Å². The molecule has 12 nitrogen and oxygen atoms in total. The summed E-state index contributed by atoms with van der Waals surface area (Å²) in [6, 6.07) is 13.6. The van der Waals surface area contributed by atoms with Crippen LogP contribution < -0.4 is 5.32 Å². The number of ether oxygens (including phenoxy) is 5. The van der Waals surface area contributed by atoms with Crippen LogP contribution in [0.3, 0.4) is 0 Å². The van der Waals surface area contributed by atoms with Crippen LogP contribution in [0, 0.1) is 5.92 Å². The van der Waals surface area contributed by atoms with Crippen molar-refractivity contribution in [1.82, 2.24) is 10.2 Å². The number of rotatable bonds is 11. The van der Waals surface area contributed by atoms with Crippen LogP contribution in [0.25, 0.3) is 11.1 Å². The topological polar surface area (TPSA) is 147 Å². The normalized spacial score (nSPS) is 19.1. The van der Waals surface area contributed by atoms with Crippen LogP contribution in [-0.2, 0) is 42.9 Å². The molecule has 0 spiro atoms. The van der Waals surface area contributed by atoms with Gasteiger partial charge in [-0.05, 0) is 43.0 Å². The van der Waals surface area contributed by atoms with Crippen molar-refractivity contribution in [3.63, 3.8) is 0 Å². The van der Waals surface area contributed by atoms with Crippen LogP contribution in [-0.4, -0.2) is 91.6 Å². The molecule has 2 aliphatic rings. The molecule has 5 atom stereocenters. The maximum absolute atomic E-state index is 13.9. The minimum atomic E-state index is -1.31. The molecule has 47 heavy (non-hydrogen) atoms. The third kappa shape index (κ3) is 8.68. The Labute approximate surface area is 275 Å². The SMILES string of the molecule is COC(=O)[C@@H](NC(=O)[C@@H]1C[C@@H](OC(C)(C)C)CN1C(=O)OCC1c2ccccc2-c2ccccc21)[C@H](C)[C@@H](COC(C)=O)OC(C)=O. The number of methoxy groups -OCH3 is 1. The molecule has 0 saturated carbocycles. The Kier molecular flexibility index (Phi) is 11.3. The minimum Gasteiger partial charge on any atom is -0.467 e. The van der Waals surface area contributed by atoms with Crippen molar-refractivity contribution < 1.29 is 47.7 Å². The highest BCUT2D eigenvalue weighted by Crippen LogP contribution is 2.44.